The average Bonchev–Trinajstić information content (AvgIpc) is 2.10. The van der Waals surface area contributed by atoms with Crippen molar-refractivity contribution in [2.24, 2.45) is 11.7 Å². The predicted octanol–water partition coefficient (Wildman–Crippen LogP) is 1.27. The van der Waals surface area contributed by atoms with Crippen LogP contribution in [0, 0.1) is 5.92 Å². The van der Waals surface area contributed by atoms with Gasteiger partial charge in [-0.25, -0.2) is 0 Å². The Morgan fingerprint density at radius 2 is 2.15 bits per heavy atom. The maximum atomic E-state index is 11.0. The van der Waals surface area contributed by atoms with Gasteiger partial charge in [-0.15, -0.1) is 0 Å². The molecule has 0 aromatic heterocycles. The van der Waals surface area contributed by atoms with E-state index in [9.17, 15) is 4.79 Å². The van der Waals surface area contributed by atoms with Gasteiger partial charge in [0, 0.05) is 11.8 Å². The Hall–Kier alpha value is -0.220. The minimum Gasteiger partial charge on any atom is -0.469 e. The number of hydrogen-bond donors (Lipinski definition) is 1. The zero-order valence-corrected chi connectivity index (χ0v) is 9.39. The number of carbonyl (C=O) groups is 1. The highest BCUT2D eigenvalue weighted by atomic mass is 32.2. The number of nitrogens with two attached hydrogens (primary N) is 1. The normalized spacial score (nSPS) is 15.1. The molecule has 78 valence electrons. The van der Waals surface area contributed by atoms with Crippen molar-refractivity contribution in [3.63, 3.8) is 0 Å². The molecule has 0 heterocycles. The number of hydrogen-bond acceptors (Lipinski definition) is 4. The first-order valence-electron chi connectivity index (χ1n) is 4.49. The van der Waals surface area contributed by atoms with E-state index in [1.54, 1.807) is 11.8 Å². The monoisotopic (exact) mass is 205 g/mol. The van der Waals surface area contributed by atoms with Crippen LogP contribution in [-0.2, 0) is 9.53 Å². The largest absolute Gasteiger partial charge is 0.469 e. The van der Waals surface area contributed by atoms with Crippen LogP contribution in [-0.4, -0.2) is 30.6 Å². The van der Waals surface area contributed by atoms with Crippen LogP contribution in [0.1, 0.15) is 20.3 Å². The van der Waals surface area contributed by atoms with Crippen molar-refractivity contribution < 1.29 is 9.53 Å². The van der Waals surface area contributed by atoms with Gasteiger partial charge < -0.3 is 10.5 Å². The minimum absolute atomic E-state index is 0.0110. The van der Waals surface area contributed by atoms with E-state index in [-0.39, 0.29) is 17.9 Å². The van der Waals surface area contributed by atoms with Gasteiger partial charge >= 0.3 is 5.97 Å². The number of esters is 1. The molecule has 0 aromatic rings. The smallest absolute Gasteiger partial charge is 0.309 e. The zero-order valence-electron chi connectivity index (χ0n) is 8.58. The van der Waals surface area contributed by atoms with Crippen LogP contribution in [0.15, 0.2) is 0 Å². The average molecular weight is 205 g/mol. The van der Waals surface area contributed by atoms with Crippen molar-refractivity contribution in [2.75, 3.05) is 18.6 Å². The van der Waals surface area contributed by atoms with Crippen molar-refractivity contribution in [3.05, 3.63) is 0 Å². The van der Waals surface area contributed by atoms with Gasteiger partial charge in [-0.2, -0.15) is 11.8 Å². The van der Waals surface area contributed by atoms with Gasteiger partial charge in [0.05, 0.1) is 13.0 Å². The van der Waals surface area contributed by atoms with Gasteiger partial charge in [-0.05, 0) is 19.1 Å². The van der Waals surface area contributed by atoms with Crippen LogP contribution >= 0.6 is 11.8 Å². The lowest BCUT2D eigenvalue weighted by Gasteiger charge is -2.09. The highest BCUT2D eigenvalue weighted by Gasteiger charge is 2.12. The molecule has 0 fully saturated rings. The molecule has 2 N–H and O–H groups in total. The Bertz CT molecular complexity index is 151. The van der Waals surface area contributed by atoms with Crippen LogP contribution in [0.5, 0.6) is 0 Å². The maximum absolute atomic E-state index is 11.0. The Labute approximate surface area is 84.4 Å². The van der Waals surface area contributed by atoms with Crippen molar-refractivity contribution in [2.45, 2.75) is 26.3 Å². The molecular weight excluding hydrogens is 186 g/mol. The van der Waals surface area contributed by atoms with E-state index in [2.05, 4.69) is 4.74 Å². The van der Waals surface area contributed by atoms with Gasteiger partial charge in [-0.1, -0.05) is 6.92 Å². The lowest BCUT2D eigenvalue weighted by atomic mass is 10.2. The molecule has 13 heavy (non-hydrogen) atoms. The summed E-state index contributed by atoms with van der Waals surface area (Å²) in [7, 11) is 1.42. The summed E-state index contributed by atoms with van der Waals surface area (Å²) in [5.74, 6) is 1.69. The summed E-state index contributed by atoms with van der Waals surface area (Å²) in [6.07, 6.45) is 0.999. The molecule has 0 bridgehead atoms. The van der Waals surface area contributed by atoms with Gasteiger partial charge in [0.1, 0.15) is 0 Å². The third-order valence-corrected chi connectivity index (χ3v) is 2.95. The quantitative estimate of drug-likeness (QED) is 0.524. The minimum atomic E-state index is -0.131. The Balaban J connectivity index is 3.37. The second-order valence-corrected chi connectivity index (χ2v) is 4.41. The number of rotatable bonds is 6. The number of ether oxygens (including phenoxy) is 1. The SMILES string of the molecule is COC(=O)C(C)CSCCC(C)N. The molecule has 0 saturated carbocycles. The number of methoxy groups -OCH3 is 1. The van der Waals surface area contributed by atoms with E-state index in [1.807, 2.05) is 13.8 Å². The highest BCUT2D eigenvalue weighted by molar-refractivity contribution is 7.99. The third kappa shape index (κ3) is 6.90. The fourth-order valence-electron chi connectivity index (χ4n) is 0.799. The van der Waals surface area contributed by atoms with E-state index >= 15 is 0 Å². The van der Waals surface area contributed by atoms with Gasteiger partial charge in [0.15, 0.2) is 0 Å². The van der Waals surface area contributed by atoms with Gasteiger partial charge in [0.2, 0.25) is 0 Å². The number of carbonyl (C=O) groups excluding carboxylic acids is 1. The van der Waals surface area contributed by atoms with Crippen LogP contribution in [0.2, 0.25) is 0 Å². The van der Waals surface area contributed by atoms with E-state index in [1.165, 1.54) is 7.11 Å². The summed E-state index contributed by atoms with van der Waals surface area (Å²) in [4.78, 5) is 11.0. The van der Waals surface area contributed by atoms with Crippen LogP contribution < -0.4 is 5.73 Å². The fourth-order valence-corrected chi connectivity index (χ4v) is 1.99. The molecule has 3 nitrogen and oxygen atoms in total. The Morgan fingerprint density at radius 1 is 1.54 bits per heavy atom. The predicted molar refractivity (Wildman–Crippen MR) is 56.8 cm³/mol. The molecule has 0 aliphatic carbocycles. The van der Waals surface area contributed by atoms with Crippen molar-refractivity contribution in [1.29, 1.82) is 0 Å². The molecule has 0 rings (SSSR count). The molecule has 0 aromatic carbocycles. The van der Waals surface area contributed by atoms with E-state index < -0.39 is 0 Å². The maximum Gasteiger partial charge on any atom is 0.309 e. The topological polar surface area (TPSA) is 52.3 Å². The first-order valence-corrected chi connectivity index (χ1v) is 5.64. The van der Waals surface area contributed by atoms with E-state index in [4.69, 9.17) is 5.73 Å². The van der Waals surface area contributed by atoms with Gasteiger partial charge in [0.25, 0.3) is 0 Å². The standard InChI is InChI=1S/C9H19NO2S/c1-7(9(11)12-3)6-13-5-4-8(2)10/h7-8H,4-6,10H2,1-3H3. The summed E-state index contributed by atoms with van der Waals surface area (Å²) in [5, 5.41) is 0. The van der Waals surface area contributed by atoms with Crippen LogP contribution in [0.4, 0.5) is 0 Å². The van der Waals surface area contributed by atoms with Crippen LogP contribution in [0.3, 0.4) is 0 Å². The first kappa shape index (κ1) is 12.8. The first-order chi connectivity index (χ1) is 6.07. The third-order valence-electron chi connectivity index (χ3n) is 1.69. The summed E-state index contributed by atoms with van der Waals surface area (Å²) >= 11 is 1.75. The van der Waals surface area contributed by atoms with Crippen molar-refractivity contribution in [3.8, 4) is 0 Å². The van der Waals surface area contributed by atoms with Crippen molar-refractivity contribution >= 4 is 17.7 Å². The second-order valence-electron chi connectivity index (χ2n) is 3.27. The molecule has 4 heteroatoms. The highest BCUT2D eigenvalue weighted by Crippen LogP contribution is 2.11. The van der Waals surface area contributed by atoms with E-state index in [0.29, 0.717) is 0 Å². The summed E-state index contributed by atoms with van der Waals surface area (Å²) < 4.78 is 4.61. The Kier molecular flexibility index (Phi) is 7.09. The molecule has 2 atom stereocenters. The molecule has 0 amide bonds. The zero-order chi connectivity index (χ0) is 10.3. The molecular formula is C9H19NO2S. The summed E-state index contributed by atoms with van der Waals surface area (Å²) in [6.45, 7) is 3.87. The lowest BCUT2D eigenvalue weighted by Crippen LogP contribution is -2.17. The molecule has 0 spiro atoms. The van der Waals surface area contributed by atoms with Crippen molar-refractivity contribution in [1.82, 2.24) is 0 Å². The number of thioether (sulfide) groups is 1. The van der Waals surface area contributed by atoms with E-state index in [0.717, 1.165) is 17.9 Å². The lowest BCUT2D eigenvalue weighted by molar-refractivity contribution is -0.143. The summed E-state index contributed by atoms with van der Waals surface area (Å²) in [6, 6.07) is 0.251. The van der Waals surface area contributed by atoms with Gasteiger partial charge in [-0.3, -0.25) is 4.79 Å². The van der Waals surface area contributed by atoms with Crippen LogP contribution in [0.25, 0.3) is 0 Å². The second kappa shape index (κ2) is 7.21. The molecule has 0 aliphatic heterocycles. The molecule has 0 aliphatic rings. The molecule has 0 radical (unpaired) electrons. The molecule has 2 unspecified atom stereocenters. The Morgan fingerprint density at radius 3 is 2.62 bits per heavy atom. The molecule has 0 saturated heterocycles. The fraction of sp³-hybridized carbons (Fsp3) is 0.889. The summed E-state index contributed by atoms with van der Waals surface area (Å²) in [5.41, 5.74) is 5.59.